The van der Waals surface area contributed by atoms with Crippen molar-refractivity contribution in [2.45, 2.75) is 30.4 Å². The van der Waals surface area contributed by atoms with E-state index in [1.165, 1.54) is 26.2 Å². The number of methoxy groups -OCH3 is 1. The zero-order chi connectivity index (χ0) is 31.3. The van der Waals surface area contributed by atoms with Gasteiger partial charge in [-0.2, -0.15) is 4.31 Å². The summed E-state index contributed by atoms with van der Waals surface area (Å²) in [7, 11) is -2.44. The van der Waals surface area contributed by atoms with Crippen molar-refractivity contribution in [3.63, 3.8) is 0 Å². The Hall–Kier alpha value is -3.75. The van der Waals surface area contributed by atoms with Crippen molar-refractivity contribution in [3.05, 3.63) is 72.1 Å². The van der Waals surface area contributed by atoms with Crippen LogP contribution in [0.1, 0.15) is 29.6 Å². The van der Waals surface area contributed by atoms with E-state index < -0.39 is 16.3 Å². The van der Waals surface area contributed by atoms with Gasteiger partial charge in [-0.25, -0.2) is 8.42 Å². The third-order valence-electron chi connectivity index (χ3n) is 7.74. The number of aliphatic hydroxyl groups is 1. The molecule has 2 aliphatic rings. The van der Waals surface area contributed by atoms with E-state index in [4.69, 9.17) is 18.9 Å². The van der Waals surface area contributed by atoms with Gasteiger partial charge < -0.3 is 29.0 Å². The SMILES string of the molecule is COc1ccc(S(=O)(=O)N(CCO)CCOC2CC(c3cn(C(C)=O)c4ccccc34)C=C(C(=O)N3CCOCC3)O2)cc1. The molecule has 0 aliphatic carbocycles. The number of aliphatic hydroxyl groups excluding tert-OH is 1. The number of carbonyl (C=O) groups is 2. The lowest BCUT2D eigenvalue weighted by molar-refractivity contribution is -0.155. The molecule has 2 unspecified atom stereocenters. The molecular weight excluding hydrogens is 590 g/mol. The first-order chi connectivity index (χ1) is 21.2. The number of sulfonamides is 1. The highest BCUT2D eigenvalue weighted by molar-refractivity contribution is 7.89. The zero-order valence-electron chi connectivity index (χ0n) is 24.8. The molecular formula is C31H37N3O9S. The molecule has 0 saturated carbocycles. The molecule has 1 amide bonds. The van der Waals surface area contributed by atoms with Crippen molar-refractivity contribution in [2.24, 2.45) is 0 Å². The fraction of sp³-hybridized carbons (Fsp3) is 0.419. The molecule has 44 heavy (non-hydrogen) atoms. The monoisotopic (exact) mass is 627 g/mol. The van der Waals surface area contributed by atoms with Gasteiger partial charge in [0, 0.05) is 57.0 Å². The second kappa shape index (κ2) is 13.9. The van der Waals surface area contributed by atoms with E-state index in [9.17, 15) is 23.1 Å². The van der Waals surface area contributed by atoms with Crippen LogP contribution in [0.15, 0.2) is 71.5 Å². The topological polar surface area (TPSA) is 137 Å². The number of carbonyl (C=O) groups excluding carboxylic acids is 2. The fourth-order valence-electron chi connectivity index (χ4n) is 5.46. The van der Waals surface area contributed by atoms with E-state index in [1.807, 2.05) is 24.3 Å². The lowest BCUT2D eigenvalue weighted by Gasteiger charge is -2.33. The summed E-state index contributed by atoms with van der Waals surface area (Å²) in [5.74, 6) is -0.0950. The van der Waals surface area contributed by atoms with E-state index in [0.29, 0.717) is 38.5 Å². The Labute approximate surface area is 256 Å². The normalized spacial score (nSPS) is 19.1. The minimum atomic E-state index is -3.94. The Kier molecular flexibility index (Phi) is 10.0. The first kappa shape index (κ1) is 31.7. The maximum absolute atomic E-state index is 13.5. The molecule has 236 valence electrons. The molecule has 2 aliphatic heterocycles. The number of benzene rings is 2. The van der Waals surface area contributed by atoms with Gasteiger partial charge in [-0.3, -0.25) is 14.2 Å². The predicted molar refractivity (Wildman–Crippen MR) is 161 cm³/mol. The quantitative estimate of drug-likeness (QED) is 0.340. The second-order valence-corrected chi connectivity index (χ2v) is 12.4. The molecule has 1 N–H and O–H groups in total. The molecule has 0 bridgehead atoms. The largest absolute Gasteiger partial charge is 0.497 e. The zero-order valence-corrected chi connectivity index (χ0v) is 25.6. The number of para-hydroxylation sites is 1. The Morgan fingerprint density at radius 1 is 1.07 bits per heavy atom. The van der Waals surface area contributed by atoms with Gasteiger partial charge in [0.25, 0.3) is 5.91 Å². The lowest BCUT2D eigenvalue weighted by Crippen LogP contribution is -2.43. The van der Waals surface area contributed by atoms with Gasteiger partial charge in [-0.15, -0.1) is 0 Å². The van der Waals surface area contributed by atoms with Crippen molar-refractivity contribution in [3.8, 4) is 5.75 Å². The smallest absolute Gasteiger partial charge is 0.288 e. The average molecular weight is 628 g/mol. The number of ether oxygens (including phenoxy) is 4. The van der Waals surface area contributed by atoms with Crippen molar-refractivity contribution in [1.82, 2.24) is 13.8 Å². The standard InChI is InChI=1S/C31H37N3O9S/c1-22(36)34-21-27(26-5-3-4-6-28(26)34)23-19-29(31(37)32-12-16-41-17-13-32)43-30(20-23)42-18-14-33(11-15-35)44(38,39)25-9-7-24(40-2)8-10-25/h3-10,19,21,23,30,35H,11-18,20H2,1-2H3. The van der Waals surface area contributed by atoms with Crippen LogP contribution in [0.2, 0.25) is 0 Å². The number of hydrogen-bond acceptors (Lipinski definition) is 9. The third-order valence-corrected chi connectivity index (χ3v) is 9.65. The fourth-order valence-corrected chi connectivity index (χ4v) is 6.87. The Morgan fingerprint density at radius 3 is 2.48 bits per heavy atom. The van der Waals surface area contributed by atoms with Gasteiger partial charge in [0.2, 0.25) is 22.2 Å². The van der Waals surface area contributed by atoms with Gasteiger partial charge in [0.1, 0.15) is 5.75 Å². The van der Waals surface area contributed by atoms with Crippen LogP contribution in [0.25, 0.3) is 10.9 Å². The summed E-state index contributed by atoms with van der Waals surface area (Å²) in [6.45, 7) is 2.59. The second-order valence-electron chi connectivity index (χ2n) is 10.5. The van der Waals surface area contributed by atoms with Crippen LogP contribution < -0.4 is 4.74 Å². The van der Waals surface area contributed by atoms with Crippen LogP contribution in [-0.2, 0) is 29.0 Å². The molecule has 3 heterocycles. The number of amides is 1. The number of fused-ring (bicyclic) bond motifs is 1. The molecule has 3 aromatic rings. The van der Waals surface area contributed by atoms with Crippen LogP contribution in [0.3, 0.4) is 0 Å². The Morgan fingerprint density at radius 2 is 1.80 bits per heavy atom. The van der Waals surface area contributed by atoms with Crippen LogP contribution in [0.4, 0.5) is 0 Å². The third kappa shape index (κ3) is 6.81. The van der Waals surface area contributed by atoms with Gasteiger partial charge in [-0.1, -0.05) is 18.2 Å². The molecule has 2 atom stereocenters. The molecule has 2 aromatic carbocycles. The number of allylic oxidation sites excluding steroid dienone is 1. The molecule has 1 saturated heterocycles. The van der Waals surface area contributed by atoms with Gasteiger partial charge in [0.05, 0.1) is 43.9 Å². The molecule has 1 aromatic heterocycles. The molecule has 12 nitrogen and oxygen atoms in total. The Bertz CT molecular complexity index is 1610. The summed E-state index contributed by atoms with van der Waals surface area (Å²) in [5, 5.41) is 10.5. The maximum atomic E-state index is 13.5. The first-order valence-electron chi connectivity index (χ1n) is 14.5. The van der Waals surface area contributed by atoms with E-state index in [0.717, 1.165) is 20.8 Å². The number of rotatable bonds is 11. The van der Waals surface area contributed by atoms with Crippen LogP contribution in [0.5, 0.6) is 5.75 Å². The van der Waals surface area contributed by atoms with Crippen molar-refractivity contribution >= 4 is 32.7 Å². The number of aromatic nitrogens is 1. The summed E-state index contributed by atoms with van der Waals surface area (Å²) in [6.07, 6.45) is 3.02. The molecule has 0 radical (unpaired) electrons. The minimum absolute atomic E-state index is 0.0546. The molecule has 13 heteroatoms. The average Bonchev–Trinajstić information content (AvgIpc) is 3.44. The first-order valence-corrected chi connectivity index (χ1v) is 15.9. The van der Waals surface area contributed by atoms with E-state index in [-0.39, 0.29) is 54.7 Å². The predicted octanol–water partition coefficient (Wildman–Crippen LogP) is 2.58. The molecule has 0 spiro atoms. The summed E-state index contributed by atoms with van der Waals surface area (Å²) in [5.41, 5.74) is 1.61. The minimum Gasteiger partial charge on any atom is -0.497 e. The van der Waals surface area contributed by atoms with Gasteiger partial charge in [0.15, 0.2) is 5.76 Å². The van der Waals surface area contributed by atoms with Crippen LogP contribution >= 0.6 is 0 Å². The van der Waals surface area contributed by atoms with Gasteiger partial charge >= 0.3 is 0 Å². The lowest BCUT2D eigenvalue weighted by atomic mass is 9.92. The van der Waals surface area contributed by atoms with Crippen LogP contribution in [-0.4, -0.2) is 105 Å². The van der Waals surface area contributed by atoms with Crippen molar-refractivity contribution in [2.75, 3.05) is 59.7 Å². The molecule has 5 rings (SSSR count). The number of nitrogens with zero attached hydrogens (tertiary/aromatic N) is 3. The summed E-state index contributed by atoms with van der Waals surface area (Å²) in [4.78, 5) is 27.6. The van der Waals surface area contributed by atoms with E-state index in [1.54, 1.807) is 33.9 Å². The van der Waals surface area contributed by atoms with Crippen LogP contribution in [0, 0.1) is 0 Å². The number of morpholine rings is 1. The molecule has 1 fully saturated rings. The Balaban J connectivity index is 1.37. The van der Waals surface area contributed by atoms with E-state index >= 15 is 0 Å². The maximum Gasteiger partial charge on any atom is 0.288 e. The highest BCUT2D eigenvalue weighted by Crippen LogP contribution is 2.37. The van der Waals surface area contributed by atoms with Gasteiger partial charge in [-0.05, 0) is 42.0 Å². The highest BCUT2D eigenvalue weighted by Gasteiger charge is 2.33. The van der Waals surface area contributed by atoms with E-state index in [2.05, 4.69) is 0 Å². The van der Waals surface area contributed by atoms with Crippen molar-refractivity contribution < 1.29 is 42.1 Å². The highest BCUT2D eigenvalue weighted by atomic mass is 32.2. The summed E-state index contributed by atoms with van der Waals surface area (Å²) in [6, 6.07) is 13.6. The summed E-state index contributed by atoms with van der Waals surface area (Å²) < 4.78 is 52.0. The van der Waals surface area contributed by atoms with Crippen molar-refractivity contribution in [1.29, 1.82) is 0 Å². The summed E-state index contributed by atoms with van der Waals surface area (Å²) >= 11 is 0. The number of hydrogen-bond donors (Lipinski definition) is 1.